The third-order valence-electron chi connectivity index (χ3n) is 3.92. The lowest BCUT2D eigenvalue weighted by atomic mass is 9.77. The van der Waals surface area contributed by atoms with Gasteiger partial charge in [-0.05, 0) is 25.7 Å². The summed E-state index contributed by atoms with van der Waals surface area (Å²) in [5.74, 6) is -1.01. The molecule has 0 atom stereocenters. The first kappa shape index (κ1) is 16.0. The van der Waals surface area contributed by atoms with Gasteiger partial charge in [-0.2, -0.15) is 0 Å². The minimum Gasteiger partial charge on any atom is -0.481 e. The van der Waals surface area contributed by atoms with Crippen LogP contribution < -0.4 is 5.32 Å². The molecule has 1 saturated carbocycles. The van der Waals surface area contributed by atoms with Gasteiger partial charge in [0.15, 0.2) is 0 Å². The van der Waals surface area contributed by atoms with Crippen molar-refractivity contribution in [2.75, 3.05) is 13.2 Å². The Hall–Kier alpha value is -1.10. The van der Waals surface area contributed by atoms with Crippen LogP contribution in [0.15, 0.2) is 0 Å². The minimum atomic E-state index is -0.864. The number of aliphatic carboxylic acids is 1. The van der Waals surface area contributed by atoms with Crippen molar-refractivity contribution in [3.8, 4) is 0 Å². The van der Waals surface area contributed by atoms with Crippen LogP contribution in [-0.2, 0) is 9.59 Å². The molecule has 1 fully saturated rings. The van der Waals surface area contributed by atoms with Crippen LogP contribution in [-0.4, -0.2) is 35.2 Å². The molecule has 3 N–H and O–H groups in total. The van der Waals surface area contributed by atoms with E-state index in [2.05, 4.69) is 5.32 Å². The maximum atomic E-state index is 11.9. The third-order valence-corrected chi connectivity index (χ3v) is 3.92. The van der Waals surface area contributed by atoms with E-state index < -0.39 is 11.4 Å². The number of carboxylic acids is 1. The Kier molecular flexibility index (Phi) is 6.84. The van der Waals surface area contributed by atoms with E-state index in [9.17, 15) is 14.7 Å². The predicted octanol–water partition coefficient (Wildman–Crippen LogP) is 1.69. The highest BCUT2D eigenvalue weighted by Gasteiger charge is 2.40. The van der Waals surface area contributed by atoms with Gasteiger partial charge in [0.2, 0.25) is 5.91 Å². The molecule has 0 bridgehead atoms. The Morgan fingerprint density at radius 3 is 2.21 bits per heavy atom. The molecule has 0 heterocycles. The summed E-state index contributed by atoms with van der Waals surface area (Å²) in [5, 5.41) is 20.9. The van der Waals surface area contributed by atoms with Crippen LogP contribution in [0.3, 0.4) is 0 Å². The largest absolute Gasteiger partial charge is 0.481 e. The number of aliphatic hydroxyl groups is 1. The zero-order valence-electron chi connectivity index (χ0n) is 11.5. The van der Waals surface area contributed by atoms with Crippen molar-refractivity contribution >= 4 is 11.9 Å². The Labute approximate surface area is 114 Å². The van der Waals surface area contributed by atoms with Crippen molar-refractivity contribution in [1.29, 1.82) is 0 Å². The molecule has 5 heteroatoms. The van der Waals surface area contributed by atoms with E-state index in [-0.39, 0.29) is 18.9 Å². The highest BCUT2D eigenvalue weighted by molar-refractivity contribution is 5.85. The van der Waals surface area contributed by atoms with Crippen molar-refractivity contribution in [3.05, 3.63) is 0 Å². The molecule has 5 nitrogen and oxygen atoms in total. The fourth-order valence-electron chi connectivity index (χ4n) is 2.71. The van der Waals surface area contributed by atoms with Gasteiger partial charge in [0.25, 0.3) is 0 Å². The van der Waals surface area contributed by atoms with Crippen LogP contribution in [0.1, 0.15) is 57.8 Å². The number of unbranched alkanes of at least 4 members (excludes halogenated alkanes) is 1. The van der Waals surface area contributed by atoms with Gasteiger partial charge >= 0.3 is 5.97 Å². The summed E-state index contributed by atoms with van der Waals surface area (Å²) in [6, 6.07) is 0. The fourth-order valence-corrected chi connectivity index (χ4v) is 2.71. The second-order valence-corrected chi connectivity index (χ2v) is 5.46. The van der Waals surface area contributed by atoms with E-state index in [1.807, 2.05) is 0 Å². The first-order valence-electron chi connectivity index (χ1n) is 7.22. The molecule has 0 aliphatic heterocycles. The molecule has 110 valence electrons. The number of rotatable bonds is 7. The molecule has 0 aromatic rings. The van der Waals surface area contributed by atoms with Crippen LogP contribution in [0.2, 0.25) is 0 Å². The number of amides is 1. The number of carbonyl (C=O) groups is 2. The summed E-state index contributed by atoms with van der Waals surface area (Å²) in [6.07, 6.45) is 6.58. The highest BCUT2D eigenvalue weighted by atomic mass is 16.4. The summed E-state index contributed by atoms with van der Waals surface area (Å²) in [5.41, 5.74) is -0.864. The smallest absolute Gasteiger partial charge is 0.310 e. The molecule has 1 rings (SSSR count). The number of hydrogen-bond donors (Lipinski definition) is 3. The van der Waals surface area contributed by atoms with Gasteiger partial charge in [-0.3, -0.25) is 9.59 Å². The molecule has 0 aromatic carbocycles. The average Bonchev–Trinajstić information content (AvgIpc) is 2.61. The van der Waals surface area contributed by atoms with E-state index in [1.165, 1.54) is 0 Å². The predicted molar refractivity (Wildman–Crippen MR) is 71.7 cm³/mol. The highest BCUT2D eigenvalue weighted by Crippen LogP contribution is 2.38. The van der Waals surface area contributed by atoms with E-state index in [0.29, 0.717) is 25.8 Å². The summed E-state index contributed by atoms with van der Waals surface area (Å²) in [4.78, 5) is 23.4. The Morgan fingerprint density at radius 2 is 1.68 bits per heavy atom. The van der Waals surface area contributed by atoms with E-state index >= 15 is 0 Å². The first-order valence-corrected chi connectivity index (χ1v) is 7.22. The van der Waals surface area contributed by atoms with Crippen molar-refractivity contribution in [2.45, 2.75) is 57.8 Å². The van der Waals surface area contributed by atoms with Crippen LogP contribution in [0.25, 0.3) is 0 Å². The van der Waals surface area contributed by atoms with Gasteiger partial charge in [0, 0.05) is 19.6 Å². The molecule has 0 saturated heterocycles. The summed E-state index contributed by atoms with van der Waals surface area (Å²) in [6.45, 7) is 0.629. The second-order valence-electron chi connectivity index (χ2n) is 5.46. The quantitative estimate of drug-likeness (QED) is 0.486. The Morgan fingerprint density at radius 1 is 1.05 bits per heavy atom. The molecule has 19 heavy (non-hydrogen) atoms. The standard InChI is InChI=1S/C14H25NO4/c16-10-6-5-9-15-12(17)11-14(13(18)19)7-3-1-2-4-8-14/h16H,1-11H2,(H,15,17)(H,18,19). The Balaban J connectivity index is 2.48. The molecule has 1 aliphatic carbocycles. The number of carboxylic acid groups (broad SMARTS) is 1. The zero-order chi connectivity index (χ0) is 14.1. The number of aliphatic hydroxyl groups excluding tert-OH is 1. The maximum absolute atomic E-state index is 11.9. The van der Waals surface area contributed by atoms with Gasteiger partial charge in [0.1, 0.15) is 0 Å². The third kappa shape index (κ3) is 5.19. The van der Waals surface area contributed by atoms with Crippen LogP contribution in [0.4, 0.5) is 0 Å². The van der Waals surface area contributed by atoms with Crippen molar-refractivity contribution in [1.82, 2.24) is 5.32 Å². The summed E-state index contributed by atoms with van der Waals surface area (Å²) >= 11 is 0. The minimum absolute atomic E-state index is 0.0848. The lowest BCUT2D eigenvalue weighted by Crippen LogP contribution is -2.37. The molecule has 1 aliphatic rings. The van der Waals surface area contributed by atoms with E-state index in [0.717, 1.165) is 32.1 Å². The van der Waals surface area contributed by atoms with Gasteiger partial charge in [0.05, 0.1) is 5.41 Å². The SMILES string of the molecule is O=C(CC1(C(=O)O)CCCCCC1)NCCCCO. The van der Waals surface area contributed by atoms with Gasteiger partial charge in [-0.15, -0.1) is 0 Å². The molecular formula is C14H25NO4. The number of carbonyl (C=O) groups excluding carboxylic acids is 1. The summed E-state index contributed by atoms with van der Waals surface area (Å²) < 4.78 is 0. The monoisotopic (exact) mass is 271 g/mol. The topological polar surface area (TPSA) is 86.6 Å². The molecule has 0 aromatic heterocycles. The molecule has 0 spiro atoms. The maximum Gasteiger partial charge on any atom is 0.310 e. The van der Waals surface area contributed by atoms with E-state index in [1.54, 1.807) is 0 Å². The summed E-state index contributed by atoms with van der Waals surface area (Å²) in [7, 11) is 0. The Bertz CT molecular complexity index is 296. The first-order chi connectivity index (χ1) is 9.10. The van der Waals surface area contributed by atoms with Crippen molar-refractivity contribution in [2.24, 2.45) is 5.41 Å². The number of hydrogen-bond acceptors (Lipinski definition) is 3. The van der Waals surface area contributed by atoms with E-state index in [4.69, 9.17) is 5.11 Å². The average molecular weight is 271 g/mol. The molecule has 1 amide bonds. The lowest BCUT2D eigenvalue weighted by molar-refractivity contribution is -0.152. The van der Waals surface area contributed by atoms with Gasteiger partial charge in [-0.25, -0.2) is 0 Å². The van der Waals surface area contributed by atoms with Gasteiger partial charge in [-0.1, -0.05) is 25.7 Å². The van der Waals surface area contributed by atoms with Crippen LogP contribution >= 0.6 is 0 Å². The molecule has 0 radical (unpaired) electrons. The van der Waals surface area contributed by atoms with Crippen LogP contribution in [0, 0.1) is 5.41 Å². The number of nitrogens with one attached hydrogen (secondary N) is 1. The zero-order valence-corrected chi connectivity index (χ0v) is 11.5. The van der Waals surface area contributed by atoms with Gasteiger partial charge < -0.3 is 15.5 Å². The fraction of sp³-hybridized carbons (Fsp3) is 0.857. The normalized spacial score (nSPS) is 18.6. The second kappa shape index (κ2) is 8.15. The lowest BCUT2D eigenvalue weighted by Gasteiger charge is -2.27. The van der Waals surface area contributed by atoms with Crippen LogP contribution in [0.5, 0.6) is 0 Å². The molecular weight excluding hydrogens is 246 g/mol. The molecule has 0 unspecified atom stereocenters. The van der Waals surface area contributed by atoms with Crippen molar-refractivity contribution < 1.29 is 19.8 Å². The van der Waals surface area contributed by atoms with Crippen molar-refractivity contribution in [3.63, 3.8) is 0 Å².